The molecule has 2 heterocycles. The van der Waals surface area contributed by atoms with Crippen LogP contribution in [0.4, 0.5) is 5.69 Å². The van der Waals surface area contributed by atoms with Crippen LogP contribution in [0, 0.1) is 5.92 Å². The average Bonchev–Trinajstić information content (AvgIpc) is 3.47. The van der Waals surface area contributed by atoms with Gasteiger partial charge >= 0.3 is 0 Å². The Morgan fingerprint density at radius 3 is 2.77 bits per heavy atom. The van der Waals surface area contributed by atoms with Crippen molar-refractivity contribution in [3.05, 3.63) is 53.8 Å². The quantitative estimate of drug-likeness (QED) is 0.336. The van der Waals surface area contributed by atoms with Gasteiger partial charge in [-0.3, -0.25) is 0 Å². The number of hydrogen-bond donors (Lipinski definition) is 0. The highest BCUT2D eigenvalue weighted by Crippen LogP contribution is 2.47. The summed E-state index contributed by atoms with van der Waals surface area (Å²) in [7, 11) is 0. The lowest BCUT2D eigenvalue weighted by molar-refractivity contribution is -0.513. The highest BCUT2D eigenvalue weighted by atomic mass is 32.2. The molecule has 0 amide bonds. The maximum atomic E-state index is 2.61. The van der Waals surface area contributed by atoms with E-state index in [0.29, 0.717) is 0 Å². The van der Waals surface area contributed by atoms with Gasteiger partial charge < -0.3 is 4.90 Å². The first kappa shape index (κ1) is 21.7. The lowest BCUT2D eigenvalue weighted by Crippen LogP contribution is -2.27. The molecule has 162 valence electrons. The number of nitrogens with zero attached hydrogens (tertiary/aromatic N) is 2. The van der Waals surface area contributed by atoms with Crippen LogP contribution in [0.5, 0.6) is 0 Å². The van der Waals surface area contributed by atoms with Crippen molar-refractivity contribution >= 4 is 22.5 Å². The largest absolute Gasteiger partial charge is 0.344 e. The van der Waals surface area contributed by atoms with Gasteiger partial charge in [-0.1, -0.05) is 88.4 Å². The SMILES string of the molecule is CC[N+]1=C(/C=C/C=C2/N(CCCCC3CCCC3)c3ccccc3C2(C)C)SCC1. The van der Waals surface area contributed by atoms with Crippen LogP contribution in [0.1, 0.15) is 71.3 Å². The first-order valence-electron chi connectivity index (χ1n) is 12.1. The summed E-state index contributed by atoms with van der Waals surface area (Å²) in [5.41, 5.74) is 4.40. The van der Waals surface area contributed by atoms with Crippen LogP contribution in [-0.4, -0.2) is 35.0 Å². The summed E-state index contributed by atoms with van der Waals surface area (Å²) in [5.74, 6) is 2.22. The minimum atomic E-state index is 0.0598. The Labute approximate surface area is 188 Å². The van der Waals surface area contributed by atoms with E-state index < -0.39 is 0 Å². The van der Waals surface area contributed by atoms with Crippen LogP contribution in [0.25, 0.3) is 0 Å². The molecule has 1 aromatic rings. The fourth-order valence-corrected chi connectivity index (χ4v) is 6.63. The van der Waals surface area contributed by atoms with Gasteiger partial charge in [0.25, 0.3) is 0 Å². The van der Waals surface area contributed by atoms with Gasteiger partial charge in [0.1, 0.15) is 6.54 Å². The van der Waals surface area contributed by atoms with E-state index in [1.54, 1.807) is 0 Å². The number of unbranched alkanes of at least 4 members (excludes halogenated alkanes) is 1. The maximum Gasteiger partial charge on any atom is 0.234 e. The average molecular weight is 424 g/mol. The van der Waals surface area contributed by atoms with Crippen LogP contribution < -0.4 is 4.90 Å². The Bertz CT molecular complexity index is 827. The van der Waals surface area contributed by atoms with Crippen molar-refractivity contribution in [2.24, 2.45) is 5.92 Å². The molecule has 30 heavy (non-hydrogen) atoms. The van der Waals surface area contributed by atoms with Crippen LogP contribution >= 0.6 is 11.8 Å². The monoisotopic (exact) mass is 423 g/mol. The molecule has 0 aromatic heterocycles. The normalized spacial score (nSPS) is 22.8. The molecule has 0 bridgehead atoms. The predicted molar refractivity (Wildman–Crippen MR) is 133 cm³/mol. The number of para-hydroxylation sites is 1. The second-order valence-electron chi connectivity index (χ2n) is 9.62. The topological polar surface area (TPSA) is 6.25 Å². The Morgan fingerprint density at radius 2 is 1.97 bits per heavy atom. The van der Waals surface area contributed by atoms with Gasteiger partial charge in [0.15, 0.2) is 6.54 Å². The molecule has 2 aliphatic heterocycles. The summed E-state index contributed by atoms with van der Waals surface area (Å²) >= 11 is 1.99. The van der Waals surface area contributed by atoms with Gasteiger partial charge in [-0.2, -0.15) is 0 Å². The van der Waals surface area contributed by atoms with Gasteiger partial charge in [-0.15, -0.1) is 0 Å². The molecule has 0 saturated heterocycles. The minimum Gasteiger partial charge on any atom is -0.344 e. The highest BCUT2D eigenvalue weighted by Gasteiger charge is 2.39. The zero-order valence-corrected chi connectivity index (χ0v) is 20.0. The first-order valence-corrected chi connectivity index (χ1v) is 13.1. The molecule has 1 saturated carbocycles. The van der Waals surface area contributed by atoms with Crippen molar-refractivity contribution in [1.29, 1.82) is 0 Å². The number of benzene rings is 1. The van der Waals surface area contributed by atoms with Gasteiger partial charge in [-0.25, -0.2) is 4.58 Å². The fraction of sp³-hybridized carbons (Fsp3) is 0.593. The maximum absolute atomic E-state index is 2.61. The van der Waals surface area contributed by atoms with Gasteiger partial charge in [0.05, 0.1) is 5.75 Å². The number of hydrogen-bond acceptors (Lipinski definition) is 2. The third kappa shape index (κ3) is 4.56. The van der Waals surface area contributed by atoms with E-state index in [0.717, 1.165) is 19.0 Å². The summed E-state index contributed by atoms with van der Waals surface area (Å²) in [6.45, 7) is 10.5. The zero-order chi connectivity index (χ0) is 21.0. The molecule has 0 unspecified atom stereocenters. The number of thioether (sulfide) groups is 1. The zero-order valence-electron chi connectivity index (χ0n) is 19.2. The van der Waals surface area contributed by atoms with E-state index in [4.69, 9.17) is 0 Å². The highest BCUT2D eigenvalue weighted by molar-refractivity contribution is 8.14. The van der Waals surface area contributed by atoms with E-state index in [9.17, 15) is 0 Å². The van der Waals surface area contributed by atoms with E-state index in [1.165, 1.54) is 79.2 Å². The smallest absolute Gasteiger partial charge is 0.234 e. The second kappa shape index (κ2) is 9.77. The van der Waals surface area contributed by atoms with E-state index in [2.05, 4.69) is 72.7 Å². The predicted octanol–water partition coefficient (Wildman–Crippen LogP) is 6.76. The number of fused-ring (bicyclic) bond motifs is 1. The molecule has 3 aliphatic rings. The van der Waals surface area contributed by atoms with Crippen LogP contribution in [0.3, 0.4) is 0 Å². The summed E-state index contributed by atoms with van der Waals surface area (Å²) in [6, 6.07) is 9.04. The van der Waals surface area contributed by atoms with Crippen molar-refractivity contribution in [2.45, 2.75) is 71.1 Å². The molecule has 1 aliphatic carbocycles. The molecule has 4 rings (SSSR count). The minimum absolute atomic E-state index is 0.0598. The third-order valence-corrected chi connectivity index (χ3v) is 8.39. The van der Waals surface area contributed by atoms with Gasteiger partial charge in [0, 0.05) is 29.4 Å². The first-order chi connectivity index (χ1) is 14.6. The van der Waals surface area contributed by atoms with E-state index in [-0.39, 0.29) is 5.41 Å². The number of allylic oxidation sites excluding steroid dienone is 3. The van der Waals surface area contributed by atoms with Crippen molar-refractivity contribution in [2.75, 3.05) is 30.3 Å². The fourth-order valence-electron chi connectivity index (χ4n) is 5.53. The molecule has 2 nitrogen and oxygen atoms in total. The van der Waals surface area contributed by atoms with E-state index in [1.807, 2.05) is 11.8 Å². The molecular weight excluding hydrogens is 384 g/mol. The van der Waals surface area contributed by atoms with Crippen molar-refractivity contribution in [3.63, 3.8) is 0 Å². The number of rotatable bonds is 8. The lowest BCUT2D eigenvalue weighted by Gasteiger charge is -2.27. The van der Waals surface area contributed by atoms with Crippen LogP contribution in [-0.2, 0) is 5.41 Å². The van der Waals surface area contributed by atoms with Crippen molar-refractivity contribution in [3.8, 4) is 0 Å². The Balaban J connectivity index is 1.50. The molecule has 0 atom stereocenters. The van der Waals surface area contributed by atoms with Crippen LogP contribution in [0.15, 0.2) is 48.2 Å². The van der Waals surface area contributed by atoms with Gasteiger partial charge in [-0.05, 0) is 37.0 Å². The molecule has 0 N–H and O–H groups in total. The lowest BCUT2D eigenvalue weighted by atomic mass is 9.84. The molecule has 3 heteroatoms. The van der Waals surface area contributed by atoms with Crippen molar-refractivity contribution in [1.82, 2.24) is 0 Å². The molecule has 0 radical (unpaired) electrons. The van der Waals surface area contributed by atoms with Gasteiger partial charge in [0.2, 0.25) is 5.04 Å². The molecule has 1 fully saturated rings. The standard InChI is InChI=1S/C27H39N2S/c1-4-28-20-21-30-26(28)18-11-17-25-27(2,3)23-15-7-8-16-24(23)29(25)19-10-9-14-22-12-5-6-13-22/h7-8,11,15-18,22H,4-6,9-10,12-14,19-21H2,1-3H3/q+1. The molecule has 1 aromatic carbocycles. The Hall–Kier alpha value is -1.48. The number of anilines is 1. The van der Waals surface area contributed by atoms with Crippen LogP contribution in [0.2, 0.25) is 0 Å². The summed E-state index contributed by atoms with van der Waals surface area (Å²) in [6.07, 6.45) is 17.0. The van der Waals surface area contributed by atoms with Crippen molar-refractivity contribution < 1.29 is 4.58 Å². The summed E-state index contributed by atoms with van der Waals surface area (Å²) < 4.78 is 2.48. The Kier molecular flexibility index (Phi) is 7.08. The Morgan fingerprint density at radius 1 is 1.17 bits per heavy atom. The third-order valence-electron chi connectivity index (χ3n) is 7.32. The molecular formula is C27H39N2S+. The summed E-state index contributed by atoms with van der Waals surface area (Å²) in [4.78, 5) is 2.61. The summed E-state index contributed by atoms with van der Waals surface area (Å²) in [5, 5.41) is 1.42. The molecule has 0 spiro atoms. The second-order valence-corrected chi connectivity index (χ2v) is 10.7. The van der Waals surface area contributed by atoms with E-state index >= 15 is 0 Å².